The van der Waals surface area contributed by atoms with Gasteiger partial charge in [-0.05, 0) is 43.2 Å². The van der Waals surface area contributed by atoms with Crippen LogP contribution in [-0.4, -0.2) is 5.78 Å². The maximum Gasteiger partial charge on any atom is 0.169 e. The summed E-state index contributed by atoms with van der Waals surface area (Å²) < 4.78 is 12.8. The number of Topliss-reactive ketones (excluding diaryl/α,β-unsaturated/α-hetero) is 1. The van der Waals surface area contributed by atoms with Gasteiger partial charge in [0.1, 0.15) is 5.82 Å². The number of carbonyl (C=O) groups excluding carboxylic acids is 1. The Morgan fingerprint density at radius 2 is 1.88 bits per heavy atom. The van der Waals surface area contributed by atoms with Crippen LogP contribution in [0.15, 0.2) is 30.3 Å². The summed E-state index contributed by atoms with van der Waals surface area (Å²) >= 11 is 1.48. The predicted octanol–water partition coefficient (Wildman–Crippen LogP) is 4.07. The molecule has 0 saturated heterocycles. The van der Waals surface area contributed by atoms with Gasteiger partial charge in [-0.1, -0.05) is 12.1 Å². The van der Waals surface area contributed by atoms with E-state index in [2.05, 4.69) is 0 Å². The molecule has 1 nitrogen and oxygen atoms in total. The van der Waals surface area contributed by atoms with Crippen molar-refractivity contribution >= 4 is 17.1 Å². The first-order valence-corrected chi connectivity index (χ1v) is 5.77. The average Bonchev–Trinajstić information content (AvgIpc) is 2.62. The molecule has 0 aliphatic carbocycles. The second-order valence-corrected chi connectivity index (χ2v) is 4.90. The lowest BCUT2D eigenvalue weighted by molar-refractivity contribution is 0.102. The standard InChI is InChI=1S/C13H11FOS/c1-8(15)13-7-12(9(2)16-13)10-3-5-11(14)6-4-10/h3-7H,1-2H3. The Morgan fingerprint density at radius 1 is 1.25 bits per heavy atom. The molecule has 0 radical (unpaired) electrons. The molecule has 2 rings (SSSR count). The Balaban J connectivity index is 2.47. The van der Waals surface area contributed by atoms with Crippen LogP contribution in [0.5, 0.6) is 0 Å². The number of hydrogen-bond donors (Lipinski definition) is 0. The molecule has 0 N–H and O–H groups in total. The number of thiophene rings is 1. The van der Waals surface area contributed by atoms with Crippen LogP contribution in [0.3, 0.4) is 0 Å². The van der Waals surface area contributed by atoms with E-state index in [1.54, 1.807) is 19.1 Å². The van der Waals surface area contributed by atoms with Crippen LogP contribution in [0, 0.1) is 12.7 Å². The van der Waals surface area contributed by atoms with Crippen LogP contribution in [-0.2, 0) is 0 Å². The first-order chi connectivity index (χ1) is 7.58. The number of carbonyl (C=O) groups is 1. The van der Waals surface area contributed by atoms with Gasteiger partial charge < -0.3 is 0 Å². The van der Waals surface area contributed by atoms with Crippen LogP contribution in [0.1, 0.15) is 21.5 Å². The average molecular weight is 234 g/mol. The molecule has 0 bridgehead atoms. The summed E-state index contributed by atoms with van der Waals surface area (Å²) in [6.45, 7) is 3.52. The maximum atomic E-state index is 12.8. The SMILES string of the molecule is CC(=O)c1cc(-c2ccc(F)cc2)c(C)s1. The fraction of sp³-hybridized carbons (Fsp3) is 0.154. The molecule has 1 aromatic carbocycles. The minimum atomic E-state index is -0.247. The second-order valence-electron chi connectivity index (χ2n) is 3.64. The van der Waals surface area contributed by atoms with Crippen molar-refractivity contribution in [3.8, 4) is 11.1 Å². The van der Waals surface area contributed by atoms with E-state index in [4.69, 9.17) is 0 Å². The smallest absolute Gasteiger partial charge is 0.169 e. The van der Waals surface area contributed by atoms with Gasteiger partial charge in [-0.2, -0.15) is 0 Å². The minimum Gasteiger partial charge on any atom is -0.294 e. The zero-order chi connectivity index (χ0) is 11.7. The molecule has 0 spiro atoms. The van der Waals surface area contributed by atoms with Gasteiger partial charge in [0.2, 0.25) is 0 Å². The molecule has 82 valence electrons. The molecule has 3 heteroatoms. The summed E-state index contributed by atoms with van der Waals surface area (Å²) in [4.78, 5) is 13.1. The first kappa shape index (κ1) is 11.0. The topological polar surface area (TPSA) is 17.1 Å². The molecular formula is C13H11FOS. The van der Waals surface area contributed by atoms with Gasteiger partial charge in [-0.3, -0.25) is 4.79 Å². The number of benzene rings is 1. The van der Waals surface area contributed by atoms with E-state index in [1.165, 1.54) is 23.5 Å². The van der Waals surface area contributed by atoms with E-state index in [1.807, 2.05) is 13.0 Å². The molecule has 1 heterocycles. The van der Waals surface area contributed by atoms with Gasteiger partial charge in [0, 0.05) is 4.88 Å². The molecule has 0 amide bonds. The summed E-state index contributed by atoms with van der Waals surface area (Å²) in [6, 6.07) is 8.19. The van der Waals surface area contributed by atoms with E-state index in [0.717, 1.165) is 20.9 Å². The molecule has 0 unspecified atom stereocenters. The minimum absolute atomic E-state index is 0.0708. The number of hydrogen-bond acceptors (Lipinski definition) is 2. The molecule has 2 aromatic rings. The Kier molecular flexibility index (Phi) is 2.88. The fourth-order valence-electron chi connectivity index (χ4n) is 1.57. The zero-order valence-corrected chi connectivity index (χ0v) is 9.90. The molecule has 1 aromatic heterocycles. The van der Waals surface area contributed by atoms with E-state index < -0.39 is 0 Å². The fourth-order valence-corrected chi connectivity index (χ4v) is 2.51. The number of rotatable bonds is 2. The summed E-state index contributed by atoms with van der Waals surface area (Å²) in [7, 11) is 0. The van der Waals surface area contributed by atoms with Gasteiger partial charge in [-0.25, -0.2) is 4.39 Å². The molecule has 0 fully saturated rings. The third-order valence-corrected chi connectivity index (χ3v) is 3.57. The van der Waals surface area contributed by atoms with Crippen molar-refractivity contribution in [1.82, 2.24) is 0 Å². The molecule has 0 aliphatic heterocycles. The zero-order valence-electron chi connectivity index (χ0n) is 9.08. The van der Waals surface area contributed by atoms with Crippen molar-refractivity contribution in [3.63, 3.8) is 0 Å². The normalized spacial score (nSPS) is 10.4. The lowest BCUT2D eigenvalue weighted by atomic mass is 10.1. The maximum absolute atomic E-state index is 12.8. The molecule has 0 atom stereocenters. The van der Waals surface area contributed by atoms with Gasteiger partial charge >= 0.3 is 0 Å². The molecule has 16 heavy (non-hydrogen) atoms. The van der Waals surface area contributed by atoms with Crippen molar-refractivity contribution in [3.05, 3.63) is 45.9 Å². The van der Waals surface area contributed by atoms with Crippen molar-refractivity contribution in [2.24, 2.45) is 0 Å². The Labute approximate surface area is 97.6 Å². The molecule has 0 aliphatic rings. The largest absolute Gasteiger partial charge is 0.294 e. The lowest BCUT2D eigenvalue weighted by Crippen LogP contribution is -1.84. The highest BCUT2D eigenvalue weighted by Gasteiger charge is 2.10. The number of ketones is 1. The van der Waals surface area contributed by atoms with Crippen LogP contribution >= 0.6 is 11.3 Å². The Bertz CT molecular complexity index is 525. The first-order valence-electron chi connectivity index (χ1n) is 4.95. The van der Waals surface area contributed by atoms with E-state index >= 15 is 0 Å². The van der Waals surface area contributed by atoms with Crippen LogP contribution in [0.25, 0.3) is 11.1 Å². The highest BCUT2D eigenvalue weighted by atomic mass is 32.1. The van der Waals surface area contributed by atoms with Crippen LogP contribution in [0.4, 0.5) is 4.39 Å². The van der Waals surface area contributed by atoms with Crippen LogP contribution < -0.4 is 0 Å². The van der Waals surface area contributed by atoms with Crippen molar-refractivity contribution in [1.29, 1.82) is 0 Å². The summed E-state index contributed by atoms with van der Waals surface area (Å²) in [5, 5.41) is 0. The monoisotopic (exact) mass is 234 g/mol. The second kappa shape index (κ2) is 4.18. The summed E-state index contributed by atoms with van der Waals surface area (Å²) in [5.41, 5.74) is 1.96. The van der Waals surface area contributed by atoms with Crippen molar-refractivity contribution in [2.45, 2.75) is 13.8 Å². The summed E-state index contributed by atoms with van der Waals surface area (Å²) in [5.74, 6) is -0.176. The molecular weight excluding hydrogens is 223 g/mol. The molecule has 0 saturated carbocycles. The number of halogens is 1. The van der Waals surface area contributed by atoms with Crippen LogP contribution in [0.2, 0.25) is 0 Å². The Hall–Kier alpha value is -1.48. The van der Waals surface area contributed by atoms with E-state index in [0.29, 0.717) is 0 Å². The van der Waals surface area contributed by atoms with Gasteiger partial charge in [-0.15, -0.1) is 11.3 Å². The third-order valence-electron chi connectivity index (χ3n) is 2.42. The van der Waals surface area contributed by atoms with Gasteiger partial charge in [0.15, 0.2) is 5.78 Å². The summed E-state index contributed by atoms with van der Waals surface area (Å²) in [6.07, 6.45) is 0. The predicted molar refractivity (Wildman–Crippen MR) is 64.5 cm³/mol. The van der Waals surface area contributed by atoms with E-state index in [-0.39, 0.29) is 11.6 Å². The van der Waals surface area contributed by atoms with E-state index in [9.17, 15) is 9.18 Å². The van der Waals surface area contributed by atoms with Crippen molar-refractivity contribution < 1.29 is 9.18 Å². The van der Waals surface area contributed by atoms with Gasteiger partial charge in [0.05, 0.1) is 4.88 Å². The highest BCUT2D eigenvalue weighted by molar-refractivity contribution is 7.14. The lowest BCUT2D eigenvalue weighted by Gasteiger charge is -1.99. The quantitative estimate of drug-likeness (QED) is 0.716. The van der Waals surface area contributed by atoms with Crippen molar-refractivity contribution in [2.75, 3.05) is 0 Å². The van der Waals surface area contributed by atoms with Gasteiger partial charge in [0.25, 0.3) is 0 Å². The Morgan fingerprint density at radius 3 is 2.38 bits per heavy atom. The number of aryl methyl sites for hydroxylation is 1. The third kappa shape index (κ3) is 2.04. The highest BCUT2D eigenvalue weighted by Crippen LogP contribution is 2.31.